The Kier molecular flexibility index (Phi) is 3.88. The number of para-hydroxylation sites is 2. The van der Waals surface area contributed by atoms with Crippen LogP contribution in [-0.4, -0.2) is 18.1 Å². The fourth-order valence-electron chi connectivity index (χ4n) is 3.03. The normalized spacial score (nSPS) is 18.0. The molecule has 0 spiro atoms. The highest BCUT2D eigenvalue weighted by molar-refractivity contribution is 5.99. The standard InChI is InChI=1S/C19H21NO2/c1-13-8-4-7-11-18(13)22-15(3)19(21)20-14(2)12-16-9-5-6-10-17(16)20/h4-11,14-15H,12H2,1-3H3. The zero-order valence-corrected chi connectivity index (χ0v) is 13.2. The highest BCUT2D eigenvalue weighted by Crippen LogP contribution is 2.32. The molecule has 1 amide bonds. The average Bonchev–Trinajstić information content (AvgIpc) is 2.84. The van der Waals surface area contributed by atoms with Crippen LogP contribution in [0.4, 0.5) is 5.69 Å². The zero-order chi connectivity index (χ0) is 15.7. The largest absolute Gasteiger partial charge is 0.481 e. The molecule has 22 heavy (non-hydrogen) atoms. The van der Waals surface area contributed by atoms with Gasteiger partial charge in [-0.05, 0) is 50.5 Å². The number of ether oxygens (including phenoxy) is 1. The lowest BCUT2D eigenvalue weighted by Gasteiger charge is -2.26. The van der Waals surface area contributed by atoms with Crippen molar-refractivity contribution in [1.82, 2.24) is 0 Å². The van der Waals surface area contributed by atoms with Gasteiger partial charge in [0.1, 0.15) is 5.75 Å². The van der Waals surface area contributed by atoms with E-state index in [-0.39, 0.29) is 11.9 Å². The summed E-state index contributed by atoms with van der Waals surface area (Å²) in [6.45, 7) is 5.89. The molecule has 0 radical (unpaired) electrons. The highest BCUT2D eigenvalue weighted by atomic mass is 16.5. The van der Waals surface area contributed by atoms with Crippen molar-refractivity contribution >= 4 is 11.6 Å². The Balaban J connectivity index is 1.81. The predicted octanol–water partition coefficient (Wildman–Crippen LogP) is 3.74. The van der Waals surface area contributed by atoms with Crippen LogP contribution >= 0.6 is 0 Å². The molecule has 0 aromatic heterocycles. The molecule has 1 heterocycles. The predicted molar refractivity (Wildman–Crippen MR) is 88.4 cm³/mol. The van der Waals surface area contributed by atoms with Crippen molar-refractivity contribution in [2.45, 2.75) is 39.3 Å². The second-order valence-corrected chi connectivity index (χ2v) is 5.92. The number of hydrogen-bond acceptors (Lipinski definition) is 2. The highest BCUT2D eigenvalue weighted by Gasteiger charge is 2.33. The summed E-state index contributed by atoms with van der Waals surface area (Å²) >= 11 is 0. The molecule has 1 aliphatic heterocycles. The van der Waals surface area contributed by atoms with Gasteiger partial charge >= 0.3 is 0 Å². The van der Waals surface area contributed by atoms with Crippen molar-refractivity contribution in [3.8, 4) is 5.75 Å². The summed E-state index contributed by atoms with van der Waals surface area (Å²) in [5, 5.41) is 0. The minimum Gasteiger partial charge on any atom is -0.481 e. The van der Waals surface area contributed by atoms with Gasteiger partial charge < -0.3 is 9.64 Å². The van der Waals surface area contributed by atoms with E-state index in [1.54, 1.807) is 0 Å². The Hall–Kier alpha value is -2.29. The van der Waals surface area contributed by atoms with Gasteiger partial charge in [-0.15, -0.1) is 0 Å². The van der Waals surface area contributed by atoms with E-state index >= 15 is 0 Å². The lowest BCUT2D eigenvalue weighted by molar-refractivity contribution is -0.124. The molecule has 0 fully saturated rings. The fraction of sp³-hybridized carbons (Fsp3) is 0.316. The first-order valence-electron chi connectivity index (χ1n) is 7.71. The summed E-state index contributed by atoms with van der Waals surface area (Å²) in [5.74, 6) is 0.782. The quantitative estimate of drug-likeness (QED) is 0.863. The van der Waals surface area contributed by atoms with Crippen molar-refractivity contribution in [3.05, 3.63) is 59.7 Å². The second-order valence-electron chi connectivity index (χ2n) is 5.92. The number of aryl methyl sites for hydroxylation is 1. The SMILES string of the molecule is Cc1ccccc1OC(C)C(=O)N1c2ccccc2CC1C. The van der Waals surface area contributed by atoms with Crippen molar-refractivity contribution in [3.63, 3.8) is 0 Å². The van der Waals surface area contributed by atoms with Crippen LogP contribution in [0.1, 0.15) is 25.0 Å². The molecule has 1 aliphatic rings. The van der Waals surface area contributed by atoms with E-state index in [1.165, 1.54) is 5.56 Å². The maximum absolute atomic E-state index is 12.8. The number of hydrogen-bond donors (Lipinski definition) is 0. The molecular weight excluding hydrogens is 274 g/mol. The third kappa shape index (κ3) is 2.59. The van der Waals surface area contributed by atoms with Crippen molar-refractivity contribution < 1.29 is 9.53 Å². The molecule has 0 N–H and O–H groups in total. The van der Waals surface area contributed by atoms with Crippen LogP contribution in [0.3, 0.4) is 0 Å². The van der Waals surface area contributed by atoms with Crippen LogP contribution < -0.4 is 9.64 Å². The smallest absolute Gasteiger partial charge is 0.268 e. The number of carbonyl (C=O) groups excluding carboxylic acids is 1. The van der Waals surface area contributed by atoms with Crippen molar-refractivity contribution in [2.75, 3.05) is 4.90 Å². The Morgan fingerprint density at radius 1 is 1.18 bits per heavy atom. The molecule has 3 heteroatoms. The molecule has 2 aromatic rings. The van der Waals surface area contributed by atoms with Gasteiger partial charge in [0.15, 0.2) is 6.10 Å². The van der Waals surface area contributed by atoms with Crippen molar-refractivity contribution in [2.24, 2.45) is 0 Å². The second kappa shape index (κ2) is 5.84. The first-order chi connectivity index (χ1) is 10.6. The summed E-state index contributed by atoms with van der Waals surface area (Å²) in [6, 6.07) is 16.1. The number of anilines is 1. The average molecular weight is 295 g/mol. The molecule has 2 atom stereocenters. The summed E-state index contributed by atoms with van der Waals surface area (Å²) in [7, 11) is 0. The maximum Gasteiger partial charge on any atom is 0.268 e. The van der Waals surface area contributed by atoms with Gasteiger partial charge in [-0.3, -0.25) is 4.79 Å². The van der Waals surface area contributed by atoms with Gasteiger partial charge in [-0.25, -0.2) is 0 Å². The first-order valence-corrected chi connectivity index (χ1v) is 7.71. The van der Waals surface area contributed by atoms with Crippen LogP contribution in [0.2, 0.25) is 0 Å². The topological polar surface area (TPSA) is 29.5 Å². The van der Waals surface area contributed by atoms with Crippen LogP contribution in [0.25, 0.3) is 0 Å². The maximum atomic E-state index is 12.8. The van der Waals surface area contributed by atoms with E-state index in [0.29, 0.717) is 0 Å². The van der Waals surface area contributed by atoms with E-state index in [9.17, 15) is 4.79 Å². The Morgan fingerprint density at radius 2 is 1.86 bits per heavy atom. The van der Waals surface area contributed by atoms with Crippen LogP contribution in [0.5, 0.6) is 5.75 Å². The number of amides is 1. The lowest BCUT2D eigenvalue weighted by Crippen LogP contribution is -2.43. The fourth-order valence-corrected chi connectivity index (χ4v) is 3.03. The van der Waals surface area contributed by atoms with Gasteiger partial charge in [-0.1, -0.05) is 36.4 Å². The number of carbonyl (C=O) groups is 1. The van der Waals surface area contributed by atoms with Crippen LogP contribution in [0, 0.1) is 6.92 Å². The Morgan fingerprint density at radius 3 is 2.64 bits per heavy atom. The number of nitrogens with zero attached hydrogens (tertiary/aromatic N) is 1. The lowest BCUT2D eigenvalue weighted by atomic mass is 10.1. The van der Waals surface area contributed by atoms with Gasteiger partial charge in [0, 0.05) is 11.7 Å². The summed E-state index contributed by atoms with van der Waals surface area (Å²) in [5.41, 5.74) is 3.28. The van der Waals surface area contributed by atoms with E-state index in [2.05, 4.69) is 13.0 Å². The molecule has 3 nitrogen and oxygen atoms in total. The summed E-state index contributed by atoms with van der Waals surface area (Å²) in [4.78, 5) is 14.7. The van der Waals surface area contributed by atoms with Crippen LogP contribution in [-0.2, 0) is 11.2 Å². The Bertz CT molecular complexity index is 695. The number of fused-ring (bicyclic) bond motifs is 1. The molecule has 0 bridgehead atoms. The van der Waals surface area contributed by atoms with Crippen molar-refractivity contribution in [1.29, 1.82) is 0 Å². The van der Waals surface area contributed by atoms with Gasteiger partial charge in [0.05, 0.1) is 0 Å². The number of rotatable bonds is 3. The molecule has 0 saturated heterocycles. The van der Waals surface area contributed by atoms with E-state index < -0.39 is 6.10 Å². The monoisotopic (exact) mass is 295 g/mol. The third-order valence-corrected chi connectivity index (χ3v) is 4.19. The summed E-state index contributed by atoms with van der Waals surface area (Å²) < 4.78 is 5.89. The van der Waals surface area contributed by atoms with Crippen LogP contribution in [0.15, 0.2) is 48.5 Å². The van der Waals surface area contributed by atoms with Gasteiger partial charge in [-0.2, -0.15) is 0 Å². The minimum absolute atomic E-state index is 0.0145. The molecule has 114 valence electrons. The zero-order valence-electron chi connectivity index (χ0n) is 13.2. The molecule has 0 saturated carbocycles. The Labute approximate surface area is 131 Å². The molecule has 2 aromatic carbocycles. The molecule has 0 aliphatic carbocycles. The summed E-state index contributed by atoms with van der Waals surface area (Å²) in [6.07, 6.45) is 0.397. The van der Waals surface area contributed by atoms with E-state index in [4.69, 9.17) is 4.74 Å². The molecule has 3 rings (SSSR count). The molecule has 2 unspecified atom stereocenters. The van der Waals surface area contributed by atoms with E-state index in [1.807, 2.05) is 61.2 Å². The molecular formula is C19H21NO2. The van der Waals surface area contributed by atoms with Gasteiger partial charge in [0.25, 0.3) is 5.91 Å². The first kappa shape index (κ1) is 14.6. The minimum atomic E-state index is -0.505. The number of benzene rings is 2. The van der Waals surface area contributed by atoms with E-state index in [0.717, 1.165) is 23.4 Å². The van der Waals surface area contributed by atoms with Gasteiger partial charge in [0.2, 0.25) is 0 Å². The third-order valence-electron chi connectivity index (χ3n) is 4.19.